The Labute approximate surface area is 119 Å². The third-order valence-electron chi connectivity index (χ3n) is 4.62. The van der Waals surface area contributed by atoms with Crippen molar-refractivity contribution in [3.63, 3.8) is 0 Å². The highest BCUT2D eigenvalue weighted by molar-refractivity contribution is 6.31. The summed E-state index contributed by atoms with van der Waals surface area (Å²) in [5.41, 5.74) is 0.721. The van der Waals surface area contributed by atoms with Gasteiger partial charge < -0.3 is 4.90 Å². The van der Waals surface area contributed by atoms with Crippen LogP contribution < -0.4 is 0 Å². The van der Waals surface area contributed by atoms with Crippen molar-refractivity contribution in [1.29, 1.82) is 0 Å². The molecule has 1 aliphatic heterocycles. The van der Waals surface area contributed by atoms with Crippen molar-refractivity contribution in [1.82, 2.24) is 4.90 Å². The average Bonchev–Trinajstić information content (AvgIpc) is 3.21. The van der Waals surface area contributed by atoms with Crippen LogP contribution >= 0.6 is 11.6 Å². The number of carbonyl (C=O) groups excluding carboxylic acids is 1. The molecule has 0 N–H and O–H groups in total. The molecule has 3 heteroatoms. The molecule has 1 heterocycles. The van der Waals surface area contributed by atoms with E-state index in [9.17, 15) is 4.79 Å². The molecule has 2 fully saturated rings. The molecule has 1 saturated carbocycles. The highest BCUT2D eigenvalue weighted by atomic mass is 35.5. The quantitative estimate of drug-likeness (QED) is 0.808. The first-order chi connectivity index (χ1) is 9.13. The van der Waals surface area contributed by atoms with E-state index >= 15 is 0 Å². The lowest BCUT2D eigenvalue weighted by Gasteiger charge is -2.33. The number of nitrogens with zero attached hydrogens (tertiary/aromatic N) is 1. The van der Waals surface area contributed by atoms with E-state index in [1.54, 1.807) is 0 Å². The zero-order chi connectivity index (χ0) is 13.5. The summed E-state index contributed by atoms with van der Waals surface area (Å²) in [6, 6.07) is 7.81. The number of amides is 1. The first-order valence-electron chi connectivity index (χ1n) is 7.18. The molecule has 0 aromatic heterocycles. The minimum absolute atomic E-state index is 0.299. The Morgan fingerprint density at radius 2 is 1.89 bits per heavy atom. The summed E-state index contributed by atoms with van der Waals surface area (Å²) in [6.07, 6.45) is 4.15. The predicted molar refractivity (Wildman–Crippen MR) is 77.3 cm³/mol. The van der Waals surface area contributed by atoms with Crippen molar-refractivity contribution in [2.75, 3.05) is 13.1 Å². The first-order valence-corrected chi connectivity index (χ1v) is 7.56. The van der Waals surface area contributed by atoms with Crippen molar-refractivity contribution < 1.29 is 4.79 Å². The maximum absolute atomic E-state index is 12.8. The zero-order valence-electron chi connectivity index (χ0n) is 11.4. The van der Waals surface area contributed by atoms with E-state index < -0.39 is 0 Å². The van der Waals surface area contributed by atoms with Gasteiger partial charge in [-0.3, -0.25) is 4.79 Å². The Hall–Kier alpha value is -1.02. The number of hydrogen-bond acceptors (Lipinski definition) is 1. The minimum atomic E-state index is -0.307. The molecule has 0 unspecified atom stereocenters. The fraction of sp³-hybridized carbons (Fsp3) is 0.562. The zero-order valence-corrected chi connectivity index (χ0v) is 12.1. The fourth-order valence-electron chi connectivity index (χ4n) is 3.09. The second kappa shape index (κ2) is 4.82. The van der Waals surface area contributed by atoms with Crippen LogP contribution in [0.5, 0.6) is 0 Å². The van der Waals surface area contributed by atoms with Gasteiger partial charge in [-0.2, -0.15) is 0 Å². The van der Waals surface area contributed by atoms with Gasteiger partial charge in [-0.25, -0.2) is 0 Å². The van der Waals surface area contributed by atoms with E-state index in [0.717, 1.165) is 55.3 Å². The third-order valence-corrected chi connectivity index (χ3v) is 4.95. The van der Waals surface area contributed by atoms with Gasteiger partial charge in [0.25, 0.3) is 0 Å². The van der Waals surface area contributed by atoms with Crippen molar-refractivity contribution in [2.45, 2.75) is 38.0 Å². The molecule has 3 rings (SSSR count). The lowest BCUT2D eigenvalue weighted by molar-refractivity contribution is -0.135. The van der Waals surface area contributed by atoms with Gasteiger partial charge in [0.2, 0.25) is 5.91 Å². The van der Waals surface area contributed by atoms with Crippen LogP contribution in [0.2, 0.25) is 5.02 Å². The Kier molecular flexibility index (Phi) is 3.30. The van der Waals surface area contributed by atoms with Crippen LogP contribution in [0.3, 0.4) is 0 Å². The lowest BCUT2D eigenvalue weighted by atomic mass is 9.92. The molecule has 1 aromatic rings. The van der Waals surface area contributed by atoms with Crippen LogP contribution in [0.4, 0.5) is 0 Å². The summed E-state index contributed by atoms with van der Waals surface area (Å²) in [4.78, 5) is 14.9. The molecule has 2 nitrogen and oxygen atoms in total. The predicted octanol–water partition coefficient (Wildman–Crippen LogP) is 3.63. The molecular formula is C16H20ClNO. The van der Waals surface area contributed by atoms with Gasteiger partial charge in [-0.1, -0.05) is 36.7 Å². The lowest BCUT2D eigenvalue weighted by Crippen LogP contribution is -2.43. The second-order valence-electron chi connectivity index (χ2n) is 6.04. The number of likely N-dealkylation sites (tertiary alicyclic amines) is 1. The number of rotatable bonds is 2. The van der Waals surface area contributed by atoms with Gasteiger partial charge in [-0.15, -0.1) is 0 Å². The normalized spacial score (nSPS) is 22.3. The largest absolute Gasteiger partial charge is 0.342 e. The molecule has 0 bridgehead atoms. The Balaban J connectivity index is 1.82. The smallest absolute Gasteiger partial charge is 0.233 e. The number of benzene rings is 1. The van der Waals surface area contributed by atoms with Gasteiger partial charge in [0.1, 0.15) is 0 Å². The summed E-state index contributed by atoms with van der Waals surface area (Å²) in [7, 11) is 0. The average molecular weight is 278 g/mol. The van der Waals surface area contributed by atoms with Crippen molar-refractivity contribution in [3.05, 3.63) is 34.9 Å². The van der Waals surface area contributed by atoms with Crippen molar-refractivity contribution in [2.24, 2.45) is 5.92 Å². The van der Waals surface area contributed by atoms with E-state index in [1.165, 1.54) is 0 Å². The van der Waals surface area contributed by atoms with Gasteiger partial charge in [0.05, 0.1) is 5.41 Å². The van der Waals surface area contributed by atoms with E-state index in [0.29, 0.717) is 5.91 Å². The summed E-state index contributed by atoms with van der Waals surface area (Å²) in [5, 5.41) is 0.735. The summed E-state index contributed by atoms with van der Waals surface area (Å²) in [5.74, 6) is 1.05. The molecule has 0 radical (unpaired) electrons. The van der Waals surface area contributed by atoms with E-state index in [2.05, 4.69) is 11.8 Å². The van der Waals surface area contributed by atoms with Crippen LogP contribution in [-0.4, -0.2) is 23.9 Å². The van der Waals surface area contributed by atoms with Gasteiger partial charge >= 0.3 is 0 Å². The molecule has 1 amide bonds. The molecule has 1 aliphatic carbocycles. The number of piperidine rings is 1. The third kappa shape index (κ3) is 2.27. The Bertz CT molecular complexity index is 487. The molecule has 1 aromatic carbocycles. The van der Waals surface area contributed by atoms with Crippen LogP contribution in [0.1, 0.15) is 38.2 Å². The van der Waals surface area contributed by atoms with Crippen molar-refractivity contribution in [3.8, 4) is 0 Å². The fourth-order valence-corrected chi connectivity index (χ4v) is 3.40. The molecule has 1 saturated heterocycles. The minimum Gasteiger partial charge on any atom is -0.342 e. The topological polar surface area (TPSA) is 20.3 Å². The molecule has 2 aliphatic rings. The maximum atomic E-state index is 12.8. The van der Waals surface area contributed by atoms with E-state index in [4.69, 9.17) is 11.6 Å². The molecule has 0 atom stereocenters. The summed E-state index contributed by atoms with van der Waals surface area (Å²) >= 11 is 6.28. The van der Waals surface area contributed by atoms with Gasteiger partial charge in [-0.05, 0) is 43.2 Å². The van der Waals surface area contributed by atoms with E-state index in [1.807, 2.05) is 24.3 Å². The van der Waals surface area contributed by atoms with Crippen LogP contribution in [0.15, 0.2) is 24.3 Å². The van der Waals surface area contributed by atoms with Gasteiger partial charge in [0.15, 0.2) is 0 Å². The number of carbonyl (C=O) groups is 1. The SMILES string of the molecule is CC1CCN(C(=O)C2(c3ccccc3Cl)CC2)CC1. The first kappa shape index (κ1) is 13.0. The van der Waals surface area contributed by atoms with Crippen molar-refractivity contribution >= 4 is 17.5 Å². The van der Waals surface area contributed by atoms with E-state index in [-0.39, 0.29) is 5.41 Å². The van der Waals surface area contributed by atoms with Gasteiger partial charge in [0, 0.05) is 18.1 Å². The Morgan fingerprint density at radius 1 is 1.26 bits per heavy atom. The number of hydrogen-bond donors (Lipinski definition) is 0. The van der Waals surface area contributed by atoms with Crippen LogP contribution in [0, 0.1) is 5.92 Å². The van der Waals surface area contributed by atoms with Crippen LogP contribution in [0.25, 0.3) is 0 Å². The summed E-state index contributed by atoms with van der Waals surface area (Å²) < 4.78 is 0. The Morgan fingerprint density at radius 3 is 2.47 bits per heavy atom. The second-order valence-corrected chi connectivity index (χ2v) is 6.44. The highest BCUT2D eigenvalue weighted by Gasteiger charge is 2.54. The molecule has 19 heavy (non-hydrogen) atoms. The number of halogens is 1. The molecular weight excluding hydrogens is 258 g/mol. The molecule has 0 spiro atoms. The van der Waals surface area contributed by atoms with Crippen LogP contribution in [-0.2, 0) is 10.2 Å². The monoisotopic (exact) mass is 277 g/mol. The maximum Gasteiger partial charge on any atom is 0.233 e. The molecule has 102 valence electrons. The highest BCUT2D eigenvalue weighted by Crippen LogP contribution is 2.52. The summed E-state index contributed by atoms with van der Waals surface area (Å²) in [6.45, 7) is 4.08. The standard InChI is InChI=1S/C16H20ClNO/c1-12-6-10-18(11-7-12)15(19)16(8-9-16)13-4-2-3-5-14(13)17/h2-5,12H,6-11H2,1H3.